The van der Waals surface area contributed by atoms with Gasteiger partial charge in [-0.2, -0.15) is 30.2 Å². The van der Waals surface area contributed by atoms with E-state index in [1.807, 2.05) is 0 Å². The molecule has 0 aromatic heterocycles. The molecule has 0 bridgehead atoms. The molecule has 0 radical (unpaired) electrons. The summed E-state index contributed by atoms with van der Waals surface area (Å²) in [5.74, 6) is -2.34. The fourth-order valence-corrected chi connectivity index (χ4v) is 9.14. The fraction of sp³-hybridized carbons (Fsp3) is 0.520. The van der Waals surface area contributed by atoms with Crippen molar-refractivity contribution in [3.63, 3.8) is 0 Å². The standard InChI is InChI=1S/C25H31F3N4O12S3/c1-19-5-2-7-23(31(33)34)20(19)18-44-47(41,42)16-15-46(39,40)30-11-9-29(10-12-30)45(37,38)14-4-13-43-17-21-22(25(26,27)28)6-3-8-24(21)32(35)36/h2-3,5-8H,4,9-18H2,1H3. The highest BCUT2D eigenvalue weighted by Crippen LogP contribution is 2.36. The van der Waals surface area contributed by atoms with Crippen LogP contribution in [0.15, 0.2) is 36.4 Å². The number of halogens is 3. The molecule has 47 heavy (non-hydrogen) atoms. The summed E-state index contributed by atoms with van der Waals surface area (Å²) in [4.78, 5) is 20.7. The van der Waals surface area contributed by atoms with Crippen LogP contribution < -0.4 is 0 Å². The molecule has 0 N–H and O–H groups in total. The lowest BCUT2D eigenvalue weighted by Crippen LogP contribution is -2.51. The lowest BCUT2D eigenvalue weighted by atomic mass is 10.1. The Bertz CT molecular complexity index is 1800. The Hall–Kier alpha value is -3.28. The van der Waals surface area contributed by atoms with Crippen LogP contribution in [0.25, 0.3) is 0 Å². The van der Waals surface area contributed by atoms with Gasteiger partial charge in [0, 0.05) is 44.9 Å². The van der Waals surface area contributed by atoms with E-state index < -0.39 is 93.5 Å². The van der Waals surface area contributed by atoms with Crippen molar-refractivity contribution in [1.29, 1.82) is 0 Å². The summed E-state index contributed by atoms with van der Waals surface area (Å²) in [6, 6.07) is 6.57. The zero-order valence-corrected chi connectivity index (χ0v) is 27.2. The van der Waals surface area contributed by atoms with Crippen LogP contribution >= 0.6 is 0 Å². The first-order chi connectivity index (χ1) is 21.7. The first-order valence-electron chi connectivity index (χ1n) is 13.7. The Kier molecular flexibility index (Phi) is 12.4. The number of benzene rings is 2. The van der Waals surface area contributed by atoms with Crippen molar-refractivity contribution >= 4 is 41.5 Å². The maximum absolute atomic E-state index is 13.3. The average Bonchev–Trinajstić information content (AvgIpc) is 2.98. The molecular weight excluding hydrogens is 701 g/mol. The maximum atomic E-state index is 13.3. The normalized spacial score (nSPS) is 15.5. The summed E-state index contributed by atoms with van der Waals surface area (Å²) >= 11 is 0. The molecular formula is C25H31F3N4O12S3. The van der Waals surface area contributed by atoms with Gasteiger partial charge in [0.2, 0.25) is 20.0 Å². The number of nitrogens with zero attached hydrogens (tertiary/aromatic N) is 4. The number of sulfonamides is 2. The first-order valence-corrected chi connectivity index (χ1v) is 18.5. The highest BCUT2D eigenvalue weighted by Gasteiger charge is 2.37. The molecule has 262 valence electrons. The molecule has 1 aliphatic rings. The molecule has 16 nitrogen and oxygen atoms in total. The molecule has 1 saturated heterocycles. The van der Waals surface area contributed by atoms with Gasteiger partial charge < -0.3 is 4.74 Å². The number of nitro benzene ring substituents is 2. The summed E-state index contributed by atoms with van der Waals surface area (Å²) in [6.07, 6.45) is -5.05. The second-order valence-electron chi connectivity index (χ2n) is 10.2. The summed E-state index contributed by atoms with van der Waals surface area (Å²) in [6.45, 7) is -1.36. The molecule has 22 heteroatoms. The van der Waals surface area contributed by atoms with Crippen molar-refractivity contribution in [3.05, 3.63) is 78.9 Å². The molecule has 1 heterocycles. The molecule has 1 aliphatic heterocycles. The van der Waals surface area contributed by atoms with E-state index in [1.54, 1.807) is 0 Å². The number of piperazine rings is 1. The second-order valence-corrected chi connectivity index (χ2v) is 16.2. The van der Waals surface area contributed by atoms with Gasteiger partial charge in [-0.25, -0.2) is 16.8 Å². The van der Waals surface area contributed by atoms with E-state index in [1.165, 1.54) is 25.1 Å². The van der Waals surface area contributed by atoms with Crippen LogP contribution in [0.3, 0.4) is 0 Å². The van der Waals surface area contributed by atoms with Crippen molar-refractivity contribution in [1.82, 2.24) is 8.61 Å². The van der Waals surface area contributed by atoms with E-state index in [2.05, 4.69) is 0 Å². The Morgan fingerprint density at radius 3 is 1.81 bits per heavy atom. The minimum absolute atomic E-state index is 0.0172. The van der Waals surface area contributed by atoms with Crippen LogP contribution in [-0.2, 0) is 58.5 Å². The zero-order valence-electron chi connectivity index (χ0n) is 24.8. The van der Waals surface area contributed by atoms with Gasteiger partial charge in [-0.05, 0) is 25.0 Å². The van der Waals surface area contributed by atoms with Crippen LogP contribution in [0, 0.1) is 27.2 Å². The minimum Gasteiger partial charge on any atom is -0.376 e. The predicted octanol–water partition coefficient (Wildman–Crippen LogP) is 2.56. The van der Waals surface area contributed by atoms with Crippen molar-refractivity contribution in [2.24, 2.45) is 0 Å². The summed E-state index contributed by atoms with van der Waals surface area (Å²) in [5, 5.41) is 22.4. The Morgan fingerprint density at radius 2 is 1.28 bits per heavy atom. The number of aryl methyl sites for hydroxylation is 1. The van der Waals surface area contributed by atoms with E-state index in [0.29, 0.717) is 11.6 Å². The monoisotopic (exact) mass is 732 g/mol. The van der Waals surface area contributed by atoms with E-state index in [9.17, 15) is 58.7 Å². The largest absolute Gasteiger partial charge is 0.417 e. The Morgan fingerprint density at radius 1 is 0.766 bits per heavy atom. The lowest BCUT2D eigenvalue weighted by molar-refractivity contribution is -0.386. The van der Waals surface area contributed by atoms with E-state index in [0.717, 1.165) is 20.7 Å². The molecule has 3 rings (SSSR count). The van der Waals surface area contributed by atoms with Crippen molar-refractivity contribution in [2.45, 2.75) is 32.7 Å². The first kappa shape index (κ1) is 38.2. The Labute approximate surface area is 268 Å². The predicted molar refractivity (Wildman–Crippen MR) is 160 cm³/mol. The SMILES string of the molecule is Cc1cccc([N+](=O)[O-])c1COS(=O)(=O)CCS(=O)(=O)N1CCN(S(=O)(=O)CCCOCc2c([N+](=O)[O-])cccc2C(F)(F)F)CC1. The summed E-state index contributed by atoms with van der Waals surface area (Å²) in [5.41, 5.74) is -2.67. The van der Waals surface area contributed by atoms with Crippen LogP contribution in [-0.4, -0.2) is 93.8 Å². The smallest absolute Gasteiger partial charge is 0.376 e. The number of hydrogen-bond acceptors (Lipinski definition) is 12. The van der Waals surface area contributed by atoms with Crippen molar-refractivity contribution in [3.8, 4) is 0 Å². The van der Waals surface area contributed by atoms with Crippen LogP contribution in [0.4, 0.5) is 24.5 Å². The van der Waals surface area contributed by atoms with Gasteiger partial charge in [0.25, 0.3) is 21.5 Å². The number of nitro groups is 2. The van der Waals surface area contributed by atoms with E-state index >= 15 is 0 Å². The Balaban J connectivity index is 1.48. The quantitative estimate of drug-likeness (QED) is 0.105. The fourth-order valence-electron chi connectivity index (χ4n) is 4.63. The van der Waals surface area contributed by atoms with Gasteiger partial charge in [-0.1, -0.05) is 18.2 Å². The molecule has 0 aliphatic carbocycles. The number of alkyl halides is 3. The van der Waals surface area contributed by atoms with Gasteiger partial charge in [0.1, 0.15) is 0 Å². The van der Waals surface area contributed by atoms with E-state index in [4.69, 9.17) is 8.92 Å². The van der Waals surface area contributed by atoms with Crippen molar-refractivity contribution in [2.75, 3.05) is 50.0 Å². The molecule has 0 unspecified atom stereocenters. The topological polar surface area (TPSA) is 214 Å². The molecule has 2 aromatic rings. The molecule has 0 saturated carbocycles. The highest BCUT2D eigenvalue weighted by molar-refractivity contribution is 7.92. The average molecular weight is 733 g/mol. The van der Waals surface area contributed by atoms with Crippen LogP contribution in [0.1, 0.15) is 28.7 Å². The molecule has 0 atom stereocenters. The van der Waals surface area contributed by atoms with Crippen molar-refractivity contribution < 1.29 is 57.2 Å². The van der Waals surface area contributed by atoms with Crippen LogP contribution in [0.5, 0.6) is 0 Å². The third-order valence-corrected chi connectivity index (χ3v) is 12.4. The summed E-state index contributed by atoms with van der Waals surface area (Å²) < 4.78 is 128. The molecule has 2 aromatic carbocycles. The molecule has 0 spiro atoms. The van der Waals surface area contributed by atoms with Gasteiger partial charge >= 0.3 is 6.18 Å². The number of ether oxygens (including phenoxy) is 1. The summed E-state index contributed by atoms with van der Waals surface area (Å²) in [7, 11) is -12.6. The zero-order chi connectivity index (χ0) is 35.2. The molecule has 1 fully saturated rings. The maximum Gasteiger partial charge on any atom is 0.417 e. The lowest BCUT2D eigenvalue weighted by Gasteiger charge is -2.33. The van der Waals surface area contributed by atoms with Gasteiger partial charge in [0.15, 0.2) is 0 Å². The second kappa shape index (κ2) is 15.3. The van der Waals surface area contributed by atoms with E-state index in [-0.39, 0.29) is 50.5 Å². The minimum atomic E-state index is -4.88. The van der Waals surface area contributed by atoms with Gasteiger partial charge in [0.05, 0.1) is 57.0 Å². The van der Waals surface area contributed by atoms with Crippen LogP contribution in [0.2, 0.25) is 0 Å². The molecule has 0 amide bonds. The number of rotatable bonds is 16. The third kappa shape index (κ3) is 10.4. The third-order valence-electron chi connectivity index (χ3n) is 7.13. The highest BCUT2D eigenvalue weighted by atomic mass is 32.2. The number of hydrogen-bond donors (Lipinski definition) is 0. The van der Waals surface area contributed by atoms with Gasteiger partial charge in [-0.15, -0.1) is 0 Å². The van der Waals surface area contributed by atoms with Gasteiger partial charge in [-0.3, -0.25) is 24.4 Å².